The molecule has 1 amide bonds. The average Bonchev–Trinajstić information content (AvgIpc) is 3.30. The molecule has 3 N–H and O–H groups in total. The van der Waals surface area contributed by atoms with Gasteiger partial charge in [-0.1, -0.05) is 0 Å². The van der Waals surface area contributed by atoms with E-state index in [1.165, 1.54) is 0 Å². The fourth-order valence-corrected chi connectivity index (χ4v) is 2.88. The molecule has 0 aliphatic carbocycles. The Bertz CT molecular complexity index is 915. The second-order valence-corrected chi connectivity index (χ2v) is 7.03. The van der Waals surface area contributed by atoms with Crippen LogP contribution in [0.4, 0.5) is 5.82 Å². The van der Waals surface area contributed by atoms with Crippen LogP contribution < -0.4 is 10.7 Å². The minimum Gasteiger partial charge on any atom is -0.352 e. The number of hydrogen-bond donors (Lipinski definition) is 3. The van der Waals surface area contributed by atoms with E-state index in [1.54, 1.807) is 43.1 Å². The molecule has 0 bridgehead atoms. The van der Waals surface area contributed by atoms with Crippen molar-refractivity contribution in [1.82, 2.24) is 40.6 Å². The molecule has 0 saturated heterocycles. The van der Waals surface area contributed by atoms with Gasteiger partial charge in [0.1, 0.15) is 5.82 Å². The SMILES string of the molecule is CC(C)N(Nc1ccnc(-c2cn[nH]c2)n1)N(C)CCCNC(=O)c1cccnc1. The van der Waals surface area contributed by atoms with Crippen LogP contribution in [-0.4, -0.2) is 67.4 Å². The summed E-state index contributed by atoms with van der Waals surface area (Å²) in [6.45, 7) is 5.50. The van der Waals surface area contributed by atoms with Crippen molar-refractivity contribution >= 4 is 11.7 Å². The highest BCUT2D eigenvalue weighted by atomic mass is 16.1. The van der Waals surface area contributed by atoms with Crippen LogP contribution in [0.1, 0.15) is 30.6 Å². The fourth-order valence-electron chi connectivity index (χ4n) is 2.88. The highest BCUT2D eigenvalue weighted by molar-refractivity contribution is 5.93. The van der Waals surface area contributed by atoms with Gasteiger partial charge in [0, 0.05) is 57.0 Å². The summed E-state index contributed by atoms with van der Waals surface area (Å²) in [5.41, 5.74) is 4.73. The van der Waals surface area contributed by atoms with Gasteiger partial charge in [0.05, 0.1) is 17.3 Å². The number of hydrogen-bond acceptors (Lipinski definition) is 8. The van der Waals surface area contributed by atoms with Crippen LogP contribution in [0.15, 0.2) is 49.2 Å². The molecule has 0 spiro atoms. The normalized spacial score (nSPS) is 11.3. The average molecular weight is 409 g/mol. The van der Waals surface area contributed by atoms with E-state index >= 15 is 0 Å². The van der Waals surface area contributed by atoms with Crippen molar-refractivity contribution in [1.29, 1.82) is 0 Å². The van der Waals surface area contributed by atoms with Gasteiger partial charge >= 0.3 is 0 Å². The molecule has 0 saturated carbocycles. The van der Waals surface area contributed by atoms with Crippen molar-refractivity contribution in [3.8, 4) is 11.4 Å². The zero-order chi connectivity index (χ0) is 21.3. The number of pyridine rings is 1. The zero-order valence-electron chi connectivity index (χ0n) is 17.4. The Hall–Kier alpha value is -3.37. The highest BCUT2D eigenvalue weighted by Gasteiger charge is 2.16. The van der Waals surface area contributed by atoms with Crippen LogP contribution in [0, 0.1) is 0 Å². The third-order valence-electron chi connectivity index (χ3n) is 4.37. The number of hydrazine groups is 2. The van der Waals surface area contributed by atoms with E-state index in [-0.39, 0.29) is 11.9 Å². The van der Waals surface area contributed by atoms with Gasteiger partial charge in [0.15, 0.2) is 5.82 Å². The first-order chi connectivity index (χ1) is 14.5. The van der Waals surface area contributed by atoms with Crippen molar-refractivity contribution in [2.24, 2.45) is 0 Å². The molecule has 0 aliphatic rings. The molecule has 0 aliphatic heterocycles. The lowest BCUT2D eigenvalue weighted by Crippen LogP contribution is -2.49. The smallest absolute Gasteiger partial charge is 0.252 e. The van der Waals surface area contributed by atoms with E-state index in [1.807, 2.05) is 18.2 Å². The van der Waals surface area contributed by atoms with Gasteiger partial charge in [0.2, 0.25) is 0 Å². The summed E-state index contributed by atoms with van der Waals surface area (Å²) in [6, 6.07) is 5.51. The lowest BCUT2D eigenvalue weighted by molar-refractivity contribution is -0.00384. The van der Waals surface area contributed by atoms with Crippen molar-refractivity contribution in [2.45, 2.75) is 26.3 Å². The number of aromatic nitrogens is 5. The molecule has 30 heavy (non-hydrogen) atoms. The van der Waals surface area contributed by atoms with Gasteiger partial charge in [0.25, 0.3) is 5.91 Å². The number of nitrogens with zero attached hydrogens (tertiary/aromatic N) is 6. The van der Waals surface area contributed by atoms with E-state index in [4.69, 9.17) is 0 Å². The first kappa shape index (κ1) is 21.3. The Morgan fingerprint density at radius 3 is 2.80 bits per heavy atom. The van der Waals surface area contributed by atoms with Crippen molar-refractivity contribution in [3.63, 3.8) is 0 Å². The van der Waals surface area contributed by atoms with Crippen LogP contribution in [0.3, 0.4) is 0 Å². The van der Waals surface area contributed by atoms with Crippen molar-refractivity contribution < 1.29 is 4.79 Å². The summed E-state index contributed by atoms with van der Waals surface area (Å²) < 4.78 is 0. The minimum atomic E-state index is -0.114. The van der Waals surface area contributed by atoms with Gasteiger partial charge < -0.3 is 5.32 Å². The Labute approximate surface area is 175 Å². The standard InChI is InChI=1S/C20H27N9O/c1-15(2)29(27-18-7-10-22-19(26-18)17-13-24-25-14-17)28(3)11-5-9-23-20(30)16-6-4-8-21-12-16/h4,6-8,10,12-15H,5,9,11H2,1-3H3,(H,23,30)(H,24,25)(H,22,26,27). The van der Waals surface area contributed by atoms with E-state index in [9.17, 15) is 4.79 Å². The molecule has 10 nitrogen and oxygen atoms in total. The molecule has 0 unspecified atom stereocenters. The van der Waals surface area contributed by atoms with Crippen molar-refractivity contribution in [2.75, 3.05) is 25.6 Å². The maximum atomic E-state index is 12.1. The Kier molecular flexibility index (Phi) is 7.41. The highest BCUT2D eigenvalue weighted by Crippen LogP contribution is 2.15. The van der Waals surface area contributed by atoms with E-state index in [0.29, 0.717) is 23.8 Å². The Morgan fingerprint density at radius 2 is 2.10 bits per heavy atom. The number of rotatable bonds is 10. The van der Waals surface area contributed by atoms with Gasteiger partial charge in [-0.3, -0.25) is 20.3 Å². The van der Waals surface area contributed by atoms with Crippen LogP contribution >= 0.6 is 0 Å². The van der Waals surface area contributed by atoms with E-state index in [2.05, 4.69) is 54.7 Å². The molecule has 3 aromatic heterocycles. The Balaban J connectivity index is 1.52. The second-order valence-electron chi connectivity index (χ2n) is 7.03. The number of carbonyl (C=O) groups excluding carboxylic acids is 1. The van der Waals surface area contributed by atoms with Gasteiger partial charge in [-0.15, -0.1) is 0 Å². The molecule has 0 fully saturated rings. The molecule has 10 heteroatoms. The number of carbonyl (C=O) groups is 1. The molecule has 3 aromatic rings. The number of nitrogens with one attached hydrogen (secondary N) is 3. The lowest BCUT2D eigenvalue weighted by atomic mass is 10.2. The molecular formula is C20H27N9O. The van der Waals surface area contributed by atoms with Crippen LogP contribution in [0.25, 0.3) is 11.4 Å². The summed E-state index contributed by atoms with van der Waals surface area (Å²) in [5.74, 6) is 1.17. The van der Waals surface area contributed by atoms with Crippen LogP contribution in [-0.2, 0) is 0 Å². The first-order valence-electron chi connectivity index (χ1n) is 9.82. The summed E-state index contributed by atoms with van der Waals surface area (Å²) >= 11 is 0. The Morgan fingerprint density at radius 1 is 1.23 bits per heavy atom. The van der Waals surface area contributed by atoms with Gasteiger partial charge in [-0.2, -0.15) is 10.2 Å². The van der Waals surface area contributed by atoms with Crippen LogP contribution in [0.2, 0.25) is 0 Å². The largest absolute Gasteiger partial charge is 0.352 e. The quantitative estimate of drug-likeness (QED) is 0.344. The summed E-state index contributed by atoms with van der Waals surface area (Å²) in [5, 5.41) is 13.7. The number of H-pyrrole nitrogens is 1. The first-order valence-corrected chi connectivity index (χ1v) is 9.82. The van der Waals surface area contributed by atoms with Crippen molar-refractivity contribution in [3.05, 3.63) is 54.7 Å². The molecule has 158 valence electrons. The third kappa shape index (κ3) is 5.82. The monoisotopic (exact) mass is 409 g/mol. The summed E-state index contributed by atoms with van der Waals surface area (Å²) in [4.78, 5) is 24.9. The second kappa shape index (κ2) is 10.4. The maximum Gasteiger partial charge on any atom is 0.252 e. The van der Waals surface area contributed by atoms with E-state index in [0.717, 1.165) is 18.5 Å². The number of anilines is 1. The number of aromatic amines is 1. The molecule has 0 atom stereocenters. The molecular weight excluding hydrogens is 382 g/mol. The lowest BCUT2D eigenvalue weighted by Gasteiger charge is -2.35. The predicted molar refractivity (Wildman–Crippen MR) is 114 cm³/mol. The molecule has 3 heterocycles. The van der Waals surface area contributed by atoms with Crippen LogP contribution in [0.5, 0.6) is 0 Å². The fraction of sp³-hybridized carbons (Fsp3) is 0.350. The minimum absolute atomic E-state index is 0.114. The summed E-state index contributed by atoms with van der Waals surface area (Å²) in [7, 11) is 1.99. The van der Waals surface area contributed by atoms with Gasteiger partial charge in [-0.25, -0.2) is 15.0 Å². The zero-order valence-corrected chi connectivity index (χ0v) is 17.4. The maximum absolute atomic E-state index is 12.1. The summed E-state index contributed by atoms with van der Waals surface area (Å²) in [6.07, 6.45) is 9.15. The molecule has 0 aromatic carbocycles. The predicted octanol–water partition coefficient (Wildman–Crippen LogP) is 1.97. The molecule has 3 rings (SSSR count). The topological polar surface area (TPSA) is 115 Å². The third-order valence-corrected chi connectivity index (χ3v) is 4.37. The van der Waals surface area contributed by atoms with Gasteiger partial charge in [-0.05, 0) is 32.4 Å². The van der Waals surface area contributed by atoms with E-state index < -0.39 is 0 Å². The molecule has 0 radical (unpaired) electrons. The number of amides is 1.